The lowest BCUT2D eigenvalue weighted by Crippen LogP contribution is -2.20. The van der Waals surface area contributed by atoms with Crippen LogP contribution in [0, 0.1) is 0 Å². The van der Waals surface area contributed by atoms with Crippen molar-refractivity contribution in [2.75, 3.05) is 6.61 Å². The van der Waals surface area contributed by atoms with E-state index in [1.165, 1.54) is 5.56 Å². The lowest BCUT2D eigenvalue weighted by Gasteiger charge is -2.12. The topological polar surface area (TPSA) is 71.3 Å². The fraction of sp³-hybridized carbons (Fsp3) is 0.300. The number of aliphatic hydroxyl groups excluding tert-OH is 1. The van der Waals surface area contributed by atoms with Crippen molar-refractivity contribution in [1.82, 2.24) is 9.88 Å². The Morgan fingerprint density at radius 3 is 2.64 bits per heavy atom. The minimum absolute atomic E-state index is 0.125. The van der Waals surface area contributed by atoms with Crippen molar-refractivity contribution >= 4 is 33.6 Å². The fourth-order valence-electron chi connectivity index (χ4n) is 4.59. The van der Waals surface area contributed by atoms with Gasteiger partial charge in [-0.3, -0.25) is 14.9 Å². The molecule has 2 amide bonds. The zero-order valence-electron chi connectivity index (χ0n) is 13.8. The monoisotopic (exact) mass is 334 g/mol. The zero-order valence-corrected chi connectivity index (χ0v) is 13.8. The van der Waals surface area contributed by atoms with Gasteiger partial charge in [0.1, 0.15) is 0 Å². The highest BCUT2D eigenvalue weighted by Crippen LogP contribution is 2.42. The Morgan fingerprint density at radius 2 is 1.80 bits per heavy atom. The van der Waals surface area contributed by atoms with Crippen LogP contribution < -0.4 is 5.32 Å². The molecule has 0 spiro atoms. The van der Waals surface area contributed by atoms with Gasteiger partial charge >= 0.3 is 0 Å². The zero-order chi connectivity index (χ0) is 17.1. The Morgan fingerprint density at radius 1 is 1.04 bits per heavy atom. The summed E-state index contributed by atoms with van der Waals surface area (Å²) in [5.41, 5.74) is 5.51. The molecule has 0 saturated carbocycles. The summed E-state index contributed by atoms with van der Waals surface area (Å²) in [6.07, 6.45) is 3.43. The molecule has 0 fully saturated rings. The molecule has 1 aromatic heterocycles. The van der Waals surface area contributed by atoms with Crippen LogP contribution >= 0.6 is 0 Å². The summed E-state index contributed by atoms with van der Waals surface area (Å²) in [5, 5.41) is 13.7. The number of fused-ring (bicyclic) bond motifs is 8. The number of aryl methyl sites for hydroxylation is 2. The molecule has 2 N–H and O–H groups in total. The molecule has 2 heterocycles. The molecule has 0 radical (unpaired) electrons. The van der Waals surface area contributed by atoms with Gasteiger partial charge in [-0.2, -0.15) is 0 Å². The summed E-state index contributed by atoms with van der Waals surface area (Å²) in [6, 6.07) is 8.02. The van der Waals surface area contributed by atoms with Crippen LogP contribution in [0.15, 0.2) is 24.3 Å². The van der Waals surface area contributed by atoms with E-state index in [1.54, 1.807) is 0 Å². The number of carbonyl (C=O) groups excluding carboxylic acids is 2. The van der Waals surface area contributed by atoms with Crippen molar-refractivity contribution in [2.24, 2.45) is 0 Å². The molecule has 1 aliphatic heterocycles. The van der Waals surface area contributed by atoms with Crippen LogP contribution in [0.25, 0.3) is 21.8 Å². The smallest absolute Gasteiger partial charge is 0.259 e. The molecule has 2 aromatic carbocycles. The highest BCUT2D eigenvalue weighted by molar-refractivity contribution is 6.31. The maximum atomic E-state index is 12.6. The molecule has 25 heavy (non-hydrogen) atoms. The van der Waals surface area contributed by atoms with E-state index in [1.807, 2.05) is 18.2 Å². The first kappa shape index (κ1) is 14.7. The van der Waals surface area contributed by atoms with Gasteiger partial charge in [-0.15, -0.1) is 0 Å². The summed E-state index contributed by atoms with van der Waals surface area (Å²) in [7, 11) is 0. The number of hydrogen-bond acceptors (Lipinski definition) is 3. The fourth-order valence-corrected chi connectivity index (χ4v) is 4.59. The van der Waals surface area contributed by atoms with Gasteiger partial charge in [-0.05, 0) is 42.9 Å². The summed E-state index contributed by atoms with van der Waals surface area (Å²) < 4.78 is 2.22. The van der Waals surface area contributed by atoms with E-state index >= 15 is 0 Å². The summed E-state index contributed by atoms with van der Waals surface area (Å²) >= 11 is 0. The molecule has 3 aromatic rings. The highest BCUT2D eigenvalue weighted by atomic mass is 16.3. The second kappa shape index (κ2) is 5.17. The van der Waals surface area contributed by atoms with Crippen LogP contribution in [0.3, 0.4) is 0 Å². The predicted molar refractivity (Wildman–Crippen MR) is 95.0 cm³/mol. The molecule has 0 atom stereocenters. The van der Waals surface area contributed by atoms with E-state index in [0.717, 1.165) is 46.6 Å². The van der Waals surface area contributed by atoms with Gasteiger partial charge in [0.2, 0.25) is 0 Å². The summed E-state index contributed by atoms with van der Waals surface area (Å²) in [6.45, 7) is 0.821. The summed E-state index contributed by atoms with van der Waals surface area (Å²) in [4.78, 5) is 25.0. The lowest BCUT2D eigenvalue weighted by molar-refractivity contribution is 0.0880. The van der Waals surface area contributed by atoms with Crippen LogP contribution in [0.5, 0.6) is 0 Å². The molecule has 5 nitrogen and oxygen atoms in total. The van der Waals surface area contributed by atoms with E-state index in [9.17, 15) is 14.7 Å². The molecule has 0 saturated heterocycles. The number of rotatable bonds is 3. The minimum Gasteiger partial charge on any atom is -0.396 e. The Labute approximate surface area is 144 Å². The van der Waals surface area contributed by atoms with Crippen LogP contribution in [0.1, 0.15) is 44.7 Å². The van der Waals surface area contributed by atoms with Crippen molar-refractivity contribution in [1.29, 1.82) is 0 Å². The number of nitrogens with one attached hydrogen (secondary N) is 1. The van der Waals surface area contributed by atoms with Crippen molar-refractivity contribution < 1.29 is 14.7 Å². The average molecular weight is 334 g/mol. The van der Waals surface area contributed by atoms with Gasteiger partial charge in [0.05, 0.1) is 16.6 Å². The first-order valence-electron chi connectivity index (χ1n) is 8.77. The van der Waals surface area contributed by atoms with Gasteiger partial charge in [-0.1, -0.05) is 18.2 Å². The largest absolute Gasteiger partial charge is 0.396 e. The van der Waals surface area contributed by atoms with E-state index in [0.29, 0.717) is 24.1 Å². The number of amides is 2. The van der Waals surface area contributed by atoms with E-state index in [-0.39, 0.29) is 18.4 Å². The van der Waals surface area contributed by atoms with Crippen molar-refractivity contribution in [3.63, 3.8) is 0 Å². The number of aromatic nitrogens is 1. The van der Waals surface area contributed by atoms with Gasteiger partial charge in [-0.25, -0.2) is 0 Å². The summed E-state index contributed by atoms with van der Waals surface area (Å²) in [5.74, 6) is -0.544. The van der Waals surface area contributed by atoms with E-state index in [4.69, 9.17) is 0 Å². The Bertz CT molecular complexity index is 1080. The first-order chi connectivity index (χ1) is 12.2. The molecular weight excluding hydrogens is 316 g/mol. The van der Waals surface area contributed by atoms with Crippen LogP contribution in [-0.4, -0.2) is 28.1 Å². The number of nitrogens with zero attached hydrogens (tertiary/aromatic N) is 1. The second-order valence-electron chi connectivity index (χ2n) is 6.81. The van der Waals surface area contributed by atoms with Crippen molar-refractivity contribution in [3.8, 4) is 0 Å². The molecule has 5 heteroatoms. The molecule has 5 rings (SSSR count). The van der Waals surface area contributed by atoms with Crippen LogP contribution in [0.4, 0.5) is 0 Å². The number of carbonyl (C=O) groups is 2. The van der Waals surface area contributed by atoms with Crippen molar-refractivity contribution in [2.45, 2.75) is 32.2 Å². The molecular formula is C20H18N2O3. The second-order valence-corrected chi connectivity index (χ2v) is 6.81. The van der Waals surface area contributed by atoms with Crippen LogP contribution in [0.2, 0.25) is 0 Å². The number of hydrogen-bond donors (Lipinski definition) is 2. The van der Waals surface area contributed by atoms with Gasteiger partial charge in [0.25, 0.3) is 11.8 Å². The number of imide groups is 1. The predicted octanol–water partition coefficient (Wildman–Crippen LogP) is 2.55. The molecule has 2 aliphatic rings. The number of aliphatic hydroxyl groups is 1. The molecule has 126 valence electrons. The SMILES string of the molecule is O=C1NC(=O)c2c1c1c(c3c2c2ccccc2n3CCCO)CCC1. The number of benzene rings is 2. The van der Waals surface area contributed by atoms with Gasteiger partial charge < -0.3 is 9.67 Å². The third kappa shape index (κ3) is 1.81. The Balaban J connectivity index is 2.02. The average Bonchev–Trinajstić information content (AvgIpc) is 3.28. The standard InChI is InChI=1S/C20H18N2O3/c23-10-4-9-22-14-8-2-1-5-13(14)15-17-16(19(24)21-20(17)25)11-6-3-7-12(11)18(15)22/h1-2,5,8,23H,3-4,6-7,9-10H2,(H,21,24,25). The normalized spacial score (nSPS) is 15.9. The molecule has 0 bridgehead atoms. The minimum atomic E-state index is -0.287. The Kier molecular flexibility index (Phi) is 3.03. The van der Waals surface area contributed by atoms with E-state index < -0.39 is 0 Å². The quantitative estimate of drug-likeness (QED) is 0.723. The molecule has 1 aliphatic carbocycles. The number of para-hydroxylation sites is 1. The maximum Gasteiger partial charge on any atom is 0.259 e. The van der Waals surface area contributed by atoms with Crippen molar-refractivity contribution in [3.05, 3.63) is 46.5 Å². The maximum absolute atomic E-state index is 12.6. The third-order valence-electron chi connectivity index (χ3n) is 5.50. The van der Waals surface area contributed by atoms with E-state index in [2.05, 4.69) is 16.0 Å². The molecule has 0 unspecified atom stereocenters. The highest BCUT2D eigenvalue weighted by Gasteiger charge is 2.37. The van der Waals surface area contributed by atoms with Gasteiger partial charge in [0.15, 0.2) is 0 Å². The third-order valence-corrected chi connectivity index (χ3v) is 5.50. The van der Waals surface area contributed by atoms with Crippen LogP contribution in [-0.2, 0) is 19.4 Å². The first-order valence-corrected chi connectivity index (χ1v) is 8.77. The van der Waals surface area contributed by atoms with Gasteiger partial charge in [0, 0.05) is 29.4 Å². The lowest BCUT2D eigenvalue weighted by atomic mass is 9.93. The Hall–Kier alpha value is -2.66.